The maximum Gasteiger partial charge on any atom is 0.280 e. The monoisotopic (exact) mass is 309 g/mol. The molecule has 2 rings (SSSR count). The molecule has 1 heterocycles. The quantitative estimate of drug-likeness (QED) is 0.844. The Balaban J connectivity index is 2.00. The Hall–Kier alpha value is -1.85. The van der Waals surface area contributed by atoms with Crippen molar-refractivity contribution < 1.29 is 13.6 Å². The molecule has 22 heavy (non-hydrogen) atoms. The molecule has 0 bridgehead atoms. The van der Waals surface area contributed by atoms with Crippen molar-refractivity contribution in [2.45, 2.75) is 46.0 Å². The summed E-state index contributed by atoms with van der Waals surface area (Å²) in [5.74, 6) is -0.450. The average Bonchev–Trinajstić information content (AvgIpc) is 2.53. The SMILES string of the molecule is CC(C)(CNC(=O)c1cc(C(F)F)ncn1)C1=CCCCC1. The van der Waals surface area contributed by atoms with Crippen LogP contribution in [0.3, 0.4) is 0 Å². The summed E-state index contributed by atoms with van der Waals surface area (Å²) in [6, 6.07) is 1.03. The number of amides is 1. The van der Waals surface area contributed by atoms with Crippen molar-refractivity contribution in [3.63, 3.8) is 0 Å². The number of carbonyl (C=O) groups is 1. The summed E-state index contributed by atoms with van der Waals surface area (Å²) in [5.41, 5.74) is 0.734. The molecule has 1 aromatic heterocycles. The van der Waals surface area contributed by atoms with Gasteiger partial charge >= 0.3 is 0 Å². The molecule has 0 fully saturated rings. The highest BCUT2D eigenvalue weighted by Crippen LogP contribution is 2.33. The molecule has 0 aliphatic heterocycles. The zero-order valence-corrected chi connectivity index (χ0v) is 12.9. The number of halogens is 2. The van der Waals surface area contributed by atoms with Gasteiger partial charge in [0.2, 0.25) is 0 Å². The fraction of sp³-hybridized carbons (Fsp3) is 0.562. The van der Waals surface area contributed by atoms with Crippen molar-refractivity contribution >= 4 is 5.91 Å². The molecular formula is C16H21F2N3O. The van der Waals surface area contributed by atoms with Crippen LogP contribution in [-0.2, 0) is 0 Å². The summed E-state index contributed by atoms with van der Waals surface area (Å²) < 4.78 is 25.2. The van der Waals surface area contributed by atoms with Gasteiger partial charge in [-0.05, 0) is 31.7 Å². The van der Waals surface area contributed by atoms with Gasteiger partial charge in [0, 0.05) is 12.0 Å². The van der Waals surface area contributed by atoms with E-state index in [-0.39, 0.29) is 11.1 Å². The van der Waals surface area contributed by atoms with Crippen molar-refractivity contribution in [2.24, 2.45) is 5.41 Å². The first-order chi connectivity index (χ1) is 10.4. The van der Waals surface area contributed by atoms with E-state index in [1.807, 2.05) is 0 Å². The van der Waals surface area contributed by atoms with Gasteiger partial charge in [-0.15, -0.1) is 0 Å². The largest absolute Gasteiger partial charge is 0.350 e. The molecule has 4 nitrogen and oxygen atoms in total. The number of allylic oxidation sites excluding steroid dienone is 1. The Labute approximate surface area is 129 Å². The summed E-state index contributed by atoms with van der Waals surface area (Å²) in [6.45, 7) is 4.61. The van der Waals surface area contributed by atoms with E-state index < -0.39 is 18.0 Å². The van der Waals surface area contributed by atoms with Crippen LogP contribution in [0.5, 0.6) is 0 Å². The normalized spacial score (nSPS) is 15.6. The topological polar surface area (TPSA) is 54.9 Å². The number of alkyl halides is 2. The minimum Gasteiger partial charge on any atom is -0.350 e. The van der Waals surface area contributed by atoms with Gasteiger partial charge in [0.1, 0.15) is 17.7 Å². The maximum absolute atomic E-state index is 12.6. The van der Waals surface area contributed by atoms with Gasteiger partial charge in [-0.25, -0.2) is 18.7 Å². The van der Waals surface area contributed by atoms with Crippen LogP contribution in [0.2, 0.25) is 0 Å². The molecule has 0 unspecified atom stereocenters. The molecule has 6 heteroatoms. The molecule has 1 aromatic rings. The molecule has 0 saturated carbocycles. The van der Waals surface area contributed by atoms with Crippen molar-refractivity contribution in [1.82, 2.24) is 15.3 Å². The smallest absolute Gasteiger partial charge is 0.280 e. The van der Waals surface area contributed by atoms with Crippen LogP contribution in [0, 0.1) is 5.41 Å². The lowest BCUT2D eigenvalue weighted by molar-refractivity contribution is 0.0935. The van der Waals surface area contributed by atoms with E-state index in [9.17, 15) is 13.6 Å². The van der Waals surface area contributed by atoms with Gasteiger partial charge in [0.25, 0.3) is 12.3 Å². The van der Waals surface area contributed by atoms with Crippen LogP contribution in [-0.4, -0.2) is 22.4 Å². The number of aromatic nitrogens is 2. The fourth-order valence-electron chi connectivity index (χ4n) is 2.57. The van der Waals surface area contributed by atoms with Crippen LogP contribution < -0.4 is 5.32 Å². The van der Waals surface area contributed by atoms with Crippen molar-refractivity contribution in [2.75, 3.05) is 6.54 Å². The van der Waals surface area contributed by atoms with Gasteiger partial charge in [0.15, 0.2) is 0 Å². The van der Waals surface area contributed by atoms with Crippen LogP contribution in [0.15, 0.2) is 24.0 Å². The van der Waals surface area contributed by atoms with Gasteiger partial charge in [0.05, 0.1) is 0 Å². The minimum atomic E-state index is -2.71. The molecule has 1 aliphatic rings. The summed E-state index contributed by atoms with van der Waals surface area (Å²) >= 11 is 0. The molecule has 1 N–H and O–H groups in total. The van der Waals surface area contributed by atoms with Crippen LogP contribution in [0.4, 0.5) is 8.78 Å². The average molecular weight is 309 g/mol. The lowest BCUT2D eigenvalue weighted by Crippen LogP contribution is -2.36. The molecule has 120 valence electrons. The Bertz CT molecular complexity index is 570. The molecule has 0 saturated heterocycles. The van der Waals surface area contributed by atoms with Crippen LogP contribution in [0.25, 0.3) is 0 Å². The first-order valence-electron chi connectivity index (χ1n) is 7.48. The first kappa shape index (κ1) is 16.5. The van der Waals surface area contributed by atoms with Gasteiger partial charge in [-0.2, -0.15) is 0 Å². The number of nitrogens with zero attached hydrogens (tertiary/aromatic N) is 2. The summed E-state index contributed by atoms with van der Waals surface area (Å²) in [4.78, 5) is 19.3. The third kappa shape index (κ3) is 4.08. The maximum atomic E-state index is 12.6. The lowest BCUT2D eigenvalue weighted by Gasteiger charge is -2.30. The molecule has 1 aliphatic carbocycles. The Kier molecular flexibility index (Phi) is 5.21. The predicted molar refractivity (Wildman–Crippen MR) is 79.7 cm³/mol. The summed E-state index contributed by atoms with van der Waals surface area (Å²) in [6.07, 6.45) is 5.04. The molecule has 0 radical (unpaired) electrons. The molecule has 0 aromatic carbocycles. The third-order valence-electron chi connectivity index (χ3n) is 4.00. The second kappa shape index (κ2) is 6.94. The second-order valence-electron chi connectivity index (χ2n) is 6.17. The second-order valence-corrected chi connectivity index (χ2v) is 6.17. The Morgan fingerprint density at radius 2 is 2.14 bits per heavy atom. The first-order valence-corrected chi connectivity index (χ1v) is 7.48. The molecule has 0 atom stereocenters. The van der Waals surface area contributed by atoms with Crippen LogP contribution >= 0.6 is 0 Å². The highest BCUT2D eigenvalue weighted by atomic mass is 19.3. The predicted octanol–water partition coefficient (Wildman–Crippen LogP) is 3.67. The Morgan fingerprint density at radius 1 is 1.36 bits per heavy atom. The zero-order valence-electron chi connectivity index (χ0n) is 12.9. The highest BCUT2D eigenvalue weighted by molar-refractivity contribution is 5.92. The van der Waals surface area contributed by atoms with Gasteiger partial charge in [-0.1, -0.05) is 25.5 Å². The van der Waals surface area contributed by atoms with E-state index in [4.69, 9.17) is 0 Å². The Morgan fingerprint density at radius 3 is 2.77 bits per heavy atom. The number of carbonyl (C=O) groups excluding carboxylic acids is 1. The number of nitrogens with one attached hydrogen (secondary N) is 1. The molecule has 0 spiro atoms. The zero-order chi connectivity index (χ0) is 16.2. The van der Waals surface area contributed by atoms with E-state index in [1.54, 1.807) is 0 Å². The van der Waals surface area contributed by atoms with E-state index in [1.165, 1.54) is 18.4 Å². The summed E-state index contributed by atoms with van der Waals surface area (Å²) in [7, 11) is 0. The van der Waals surface area contributed by atoms with E-state index in [2.05, 4.69) is 35.2 Å². The molecule has 1 amide bonds. The standard InChI is InChI=1S/C16H21F2N3O/c1-16(2,11-6-4-3-5-7-11)9-19-15(22)13-8-12(14(17)18)20-10-21-13/h6,8,10,14H,3-5,7,9H2,1-2H3,(H,19,22). The number of hydrogen-bond acceptors (Lipinski definition) is 3. The van der Waals surface area contributed by atoms with E-state index in [0.717, 1.165) is 25.2 Å². The lowest BCUT2D eigenvalue weighted by atomic mass is 9.78. The van der Waals surface area contributed by atoms with Gasteiger partial charge in [-0.3, -0.25) is 4.79 Å². The van der Waals surface area contributed by atoms with Crippen molar-refractivity contribution in [1.29, 1.82) is 0 Å². The third-order valence-corrected chi connectivity index (χ3v) is 4.00. The van der Waals surface area contributed by atoms with E-state index >= 15 is 0 Å². The van der Waals surface area contributed by atoms with Crippen LogP contribution in [0.1, 0.15) is 62.1 Å². The van der Waals surface area contributed by atoms with E-state index in [0.29, 0.717) is 6.54 Å². The number of hydrogen-bond donors (Lipinski definition) is 1. The van der Waals surface area contributed by atoms with Crippen molar-refractivity contribution in [3.05, 3.63) is 35.4 Å². The highest BCUT2D eigenvalue weighted by Gasteiger charge is 2.25. The summed E-state index contributed by atoms with van der Waals surface area (Å²) in [5, 5.41) is 2.79. The molecular weight excluding hydrogens is 288 g/mol. The number of rotatable bonds is 5. The van der Waals surface area contributed by atoms with Gasteiger partial charge < -0.3 is 5.32 Å². The minimum absolute atomic E-state index is 0.0290. The van der Waals surface area contributed by atoms with Crippen molar-refractivity contribution in [3.8, 4) is 0 Å². The fourth-order valence-corrected chi connectivity index (χ4v) is 2.57.